The molecule has 0 unspecified atom stereocenters. The Labute approximate surface area is 270 Å². The fourth-order valence-electron chi connectivity index (χ4n) is 5.57. The van der Waals surface area contributed by atoms with Crippen LogP contribution in [-0.4, -0.2) is 60.4 Å². The molecular weight excluding hydrogens is 645 g/mol. The molecule has 0 spiro atoms. The number of nitrogens with one attached hydrogen (secondary N) is 1. The van der Waals surface area contributed by atoms with Crippen molar-refractivity contribution in [1.82, 2.24) is 34.6 Å². The Hall–Kier alpha value is -4.40. The molecule has 5 aromatic rings. The molecule has 47 heavy (non-hydrogen) atoms. The number of pyridine rings is 1. The monoisotopic (exact) mass is 671 g/mol. The Morgan fingerprint density at radius 3 is 2.60 bits per heavy atom. The van der Waals surface area contributed by atoms with Crippen LogP contribution in [0.2, 0.25) is 5.02 Å². The first-order valence-electron chi connectivity index (χ1n) is 14.9. The van der Waals surface area contributed by atoms with Gasteiger partial charge in [0.25, 0.3) is 0 Å². The van der Waals surface area contributed by atoms with Crippen molar-refractivity contribution in [3.05, 3.63) is 94.2 Å². The van der Waals surface area contributed by atoms with Crippen LogP contribution >= 0.6 is 11.6 Å². The summed E-state index contributed by atoms with van der Waals surface area (Å²) in [7, 11) is 0. The molecule has 0 amide bonds. The van der Waals surface area contributed by atoms with E-state index in [4.69, 9.17) is 26.1 Å². The summed E-state index contributed by atoms with van der Waals surface area (Å²) in [4.78, 5) is 15.1. The van der Waals surface area contributed by atoms with E-state index in [2.05, 4.69) is 26.0 Å². The van der Waals surface area contributed by atoms with Crippen LogP contribution in [0.1, 0.15) is 35.6 Å². The van der Waals surface area contributed by atoms with Gasteiger partial charge in [0.1, 0.15) is 23.8 Å². The van der Waals surface area contributed by atoms with Crippen LogP contribution in [-0.2, 0) is 30.6 Å². The van der Waals surface area contributed by atoms with E-state index in [-0.39, 0.29) is 34.9 Å². The van der Waals surface area contributed by atoms with E-state index in [0.29, 0.717) is 55.9 Å². The number of halogens is 6. The zero-order chi connectivity index (χ0) is 32.7. The Bertz CT molecular complexity index is 1970. The van der Waals surface area contributed by atoms with Crippen LogP contribution in [0.4, 0.5) is 22.0 Å². The van der Waals surface area contributed by atoms with Crippen LogP contribution in [0.25, 0.3) is 28.1 Å². The minimum atomic E-state index is -4.64. The minimum Gasteiger partial charge on any atom is -0.486 e. The quantitative estimate of drug-likeness (QED) is 0.172. The zero-order valence-corrected chi connectivity index (χ0v) is 25.5. The number of aromatic amines is 1. The lowest BCUT2D eigenvalue weighted by molar-refractivity contribution is -0.144. The first-order valence-corrected chi connectivity index (χ1v) is 15.2. The molecule has 9 nitrogen and oxygen atoms in total. The van der Waals surface area contributed by atoms with Gasteiger partial charge in [-0.15, -0.1) is 0 Å². The van der Waals surface area contributed by atoms with Crippen molar-refractivity contribution in [1.29, 1.82) is 0 Å². The topological polar surface area (TPSA) is 94.0 Å². The number of imidazole rings is 1. The normalized spacial score (nSPS) is 17.1. The molecule has 2 aliphatic heterocycles. The summed E-state index contributed by atoms with van der Waals surface area (Å²) in [6.07, 6.45) is 0.472. The lowest BCUT2D eigenvalue weighted by atomic mass is 9.99. The molecule has 2 aromatic carbocycles. The molecule has 2 aliphatic rings. The lowest BCUT2D eigenvalue weighted by Crippen LogP contribution is -2.33. The number of hydrogen-bond acceptors (Lipinski definition) is 7. The minimum absolute atomic E-state index is 0.0221. The van der Waals surface area contributed by atoms with Gasteiger partial charge in [-0.2, -0.15) is 18.3 Å². The highest BCUT2D eigenvalue weighted by Gasteiger charge is 2.35. The van der Waals surface area contributed by atoms with Crippen molar-refractivity contribution in [2.24, 2.45) is 0 Å². The van der Waals surface area contributed by atoms with Crippen LogP contribution in [0, 0.1) is 11.6 Å². The molecule has 15 heteroatoms. The smallest absolute Gasteiger partial charge is 0.451 e. The summed E-state index contributed by atoms with van der Waals surface area (Å²) in [5.41, 5.74) is 3.52. The number of ether oxygens (including phenoxy) is 2. The first-order chi connectivity index (χ1) is 22.6. The summed E-state index contributed by atoms with van der Waals surface area (Å²) in [6.45, 7) is 2.86. The number of aromatic nitrogens is 6. The molecule has 3 aromatic heterocycles. The number of fused-ring (bicyclic) bond motifs is 1. The van der Waals surface area contributed by atoms with Gasteiger partial charge in [0, 0.05) is 42.0 Å². The van der Waals surface area contributed by atoms with Gasteiger partial charge in [0.2, 0.25) is 5.82 Å². The van der Waals surface area contributed by atoms with E-state index in [9.17, 15) is 22.0 Å². The number of hydrogen-bond donors (Lipinski definition) is 1. The van der Waals surface area contributed by atoms with Crippen LogP contribution in [0.5, 0.6) is 5.75 Å². The molecular formula is C32H27ClF5N7O2. The van der Waals surface area contributed by atoms with Gasteiger partial charge in [-0.3, -0.25) is 10.00 Å². The Morgan fingerprint density at radius 1 is 1.04 bits per heavy atom. The lowest BCUT2D eigenvalue weighted by Gasteiger charge is -2.29. The largest absolute Gasteiger partial charge is 0.486 e. The highest BCUT2D eigenvalue weighted by atomic mass is 35.5. The second-order valence-electron chi connectivity index (χ2n) is 11.4. The molecule has 7 rings (SSSR count). The standard InChI is InChI=1S/C32H27ClF5N7O2/c33-22-3-1-20(25(35)13-22)17-47-27-12-19(2-4-24(27)34)18-5-8-44(9-6-18)16-28-40-26-11-21(29-41-31(43-42-29)32(36,37)38)14-39-30(26)45(28)15-23-7-10-46-23/h1-5,11-14,23H,6-10,15-17H2,(H,41,42,43)/t23-/m0/s1. The average molecular weight is 672 g/mol. The highest BCUT2D eigenvalue weighted by Crippen LogP contribution is 2.31. The van der Waals surface area contributed by atoms with Crippen molar-refractivity contribution in [2.45, 2.75) is 44.8 Å². The molecule has 0 saturated carbocycles. The summed E-state index contributed by atoms with van der Waals surface area (Å²) >= 11 is 5.82. The number of rotatable bonds is 9. The van der Waals surface area contributed by atoms with E-state index in [1.165, 1.54) is 24.4 Å². The average Bonchev–Trinajstić information content (AvgIpc) is 3.65. The maximum absolute atomic E-state index is 14.6. The first kappa shape index (κ1) is 31.2. The molecule has 0 radical (unpaired) electrons. The van der Waals surface area contributed by atoms with Gasteiger partial charge in [-0.25, -0.2) is 23.7 Å². The van der Waals surface area contributed by atoms with Crippen molar-refractivity contribution in [3.8, 4) is 17.1 Å². The van der Waals surface area contributed by atoms with E-state index in [1.54, 1.807) is 24.3 Å². The third kappa shape index (κ3) is 6.71. The third-order valence-electron chi connectivity index (χ3n) is 8.21. The summed E-state index contributed by atoms with van der Waals surface area (Å²) in [5, 5.41) is 5.91. The fraction of sp³-hybridized carbons (Fsp3) is 0.312. The Kier molecular flexibility index (Phi) is 8.41. The van der Waals surface area contributed by atoms with E-state index in [0.717, 1.165) is 23.4 Å². The number of benzene rings is 2. The molecule has 244 valence electrons. The van der Waals surface area contributed by atoms with E-state index < -0.39 is 23.6 Å². The number of alkyl halides is 3. The second-order valence-corrected chi connectivity index (χ2v) is 11.8. The molecule has 1 atom stereocenters. The highest BCUT2D eigenvalue weighted by molar-refractivity contribution is 6.30. The maximum atomic E-state index is 14.6. The van der Waals surface area contributed by atoms with Crippen molar-refractivity contribution in [2.75, 3.05) is 19.7 Å². The second kappa shape index (κ2) is 12.7. The summed E-state index contributed by atoms with van der Waals surface area (Å²) in [6, 6.07) is 10.5. The third-order valence-corrected chi connectivity index (χ3v) is 8.45. The van der Waals surface area contributed by atoms with Crippen LogP contribution in [0.3, 0.4) is 0 Å². The van der Waals surface area contributed by atoms with Crippen LogP contribution < -0.4 is 4.74 Å². The molecule has 5 heterocycles. The van der Waals surface area contributed by atoms with E-state index >= 15 is 0 Å². The van der Waals surface area contributed by atoms with Gasteiger partial charge in [-0.1, -0.05) is 29.8 Å². The Morgan fingerprint density at radius 2 is 1.89 bits per heavy atom. The van der Waals surface area contributed by atoms with Gasteiger partial charge >= 0.3 is 6.18 Å². The Balaban J connectivity index is 1.08. The molecule has 0 aliphatic carbocycles. The number of H-pyrrole nitrogens is 1. The van der Waals surface area contributed by atoms with Crippen molar-refractivity contribution >= 4 is 28.3 Å². The van der Waals surface area contributed by atoms with Crippen molar-refractivity contribution in [3.63, 3.8) is 0 Å². The fourth-order valence-corrected chi connectivity index (χ4v) is 5.73. The molecule has 1 N–H and O–H groups in total. The van der Waals surface area contributed by atoms with Crippen LogP contribution in [0.15, 0.2) is 54.7 Å². The zero-order valence-electron chi connectivity index (χ0n) is 24.7. The van der Waals surface area contributed by atoms with Gasteiger partial charge in [0.15, 0.2) is 23.0 Å². The predicted molar refractivity (Wildman–Crippen MR) is 162 cm³/mol. The molecule has 1 fully saturated rings. The summed E-state index contributed by atoms with van der Waals surface area (Å²) in [5.74, 6) is -1.60. The molecule has 1 saturated heterocycles. The predicted octanol–water partition coefficient (Wildman–Crippen LogP) is 6.82. The summed E-state index contributed by atoms with van der Waals surface area (Å²) < 4.78 is 81.2. The van der Waals surface area contributed by atoms with Gasteiger partial charge < -0.3 is 14.0 Å². The SMILES string of the molecule is Fc1cc(Cl)ccc1COc1cc(C2=CCN(Cc3nc4cc(-c5n[nH]c(C(F)(F)F)n5)cnc4n3C[C@@H]3CCO3)CC2)ccc1F. The van der Waals surface area contributed by atoms with E-state index in [1.807, 2.05) is 9.67 Å². The maximum Gasteiger partial charge on any atom is 0.451 e. The van der Waals surface area contributed by atoms with Gasteiger partial charge in [-0.05, 0) is 54.3 Å². The van der Waals surface area contributed by atoms with Gasteiger partial charge in [0.05, 0.1) is 19.2 Å². The van der Waals surface area contributed by atoms with Crippen molar-refractivity contribution < 1.29 is 31.4 Å². The number of nitrogens with zero attached hydrogens (tertiary/aromatic N) is 6. The molecule has 0 bridgehead atoms.